The molecule has 3 aliphatic heterocycles. The minimum Gasteiger partial charge on any atom is -0.497 e. The van der Waals surface area contributed by atoms with Gasteiger partial charge in [0.05, 0.1) is 51.1 Å². The number of benzene rings is 3. The van der Waals surface area contributed by atoms with Crippen molar-refractivity contribution in [3.8, 4) is 17.2 Å². The van der Waals surface area contributed by atoms with Crippen molar-refractivity contribution in [3.05, 3.63) is 83.4 Å². The Balaban J connectivity index is 1.49. The number of hydrazone groups is 1. The number of carbonyl (C=O) groups is 3. The Morgan fingerprint density at radius 2 is 1.50 bits per heavy atom. The van der Waals surface area contributed by atoms with Crippen LogP contribution in [0.3, 0.4) is 0 Å². The first kappa shape index (κ1) is 23.7. The number of anilines is 1. The predicted octanol–water partition coefficient (Wildman–Crippen LogP) is 3.47. The highest BCUT2D eigenvalue weighted by Gasteiger charge is 2.65. The number of ether oxygens (including phenoxy) is 3. The molecule has 4 atom stereocenters. The molecule has 0 saturated carbocycles. The fraction of sp³-hybridized carbons (Fsp3) is 0.241. The van der Waals surface area contributed by atoms with Gasteiger partial charge in [-0.05, 0) is 47.5 Å². The summed E-state index contributed by atoms with van der Waals surface area (Å²) in [5, 5.41) is 6.24. The Kier molecular flexibility index (Phi) is 5.63. The molecule has 0 bridgehead atoms. The molecule has 3 heterocycles. The van der Waals surface area contributed by atoms with Crippen molar-refractivity contribution in [2.45, 2.75) is 12.1 Å². The fourth-order valence-corrected chi connectivity index (χ4v) is 5.80. The van der Waals surface area contributed by atoms with Crippen LogP contribution < -0.4 is 19.1 Å². The van der Waals surface area contributed by atoms with Gasteiger partial charge in [0.15, 0.2) is 5.78 Å². The van der Waals surface area contributed by atoms with Gasteiger partial charge in [0.2, 0.25) is 11.8 Å². The monoisotopic (exact) mass is 511 g/mol. The number of methoxy groups -OCH3 is 3. The number of imide groups is 1. The highest BCUT2D eigenvalue weighted by atomic mass is 16.5. The summed E-state index contributed by atoms with van der Waals surface area (Å²) >= 11 is 0. The van der Waals surface area contributed by atoms with E-state index in [0.717, 1.165) is 16.0 Å². The molecule has 2 amide bonds. The number of hydrogen-bond donors (Lipinski definition) is 0. The highest BCUT2D eigenvalue weighted by Crippen LogP contribution is 2.54. The van der Waals surface area contributed by atoms with Gasteiger partial charge in [0.1, 0.15) is 23.3 Å². The van der Waals surface area contributed by atoms with Gasteiger partial charge in [-0.15, -0.1) is 0 Å². The van der Waals surface area contributed by atoms with E-state index < -0.39 is 35.7 Å². The molecule has 38 heavy (non-hydrogen) atoms. The van der Waals surface area contributed by atoms with Crippen molar-refractivity contribution >= 4 is 29.5 Å². The van der Waals surface area contributed by atoms with Gasteiger partial charge in [0.25, 0.3) is 0 Å². The largest absolute Gasteiger partial charge is 0.497 e. The lowest BCUT2D eigenvalue weighted by atomic mass is 9.83. The Labute approximate surface area is 219 Å². The van der Waals surface area contributed by atoms with Gasteiger partial charge in [-0.3, -0.25) is 19.4 Å². The van der Waals surface area contributed by atoms with E-state index in [1.807, 2.05) is 24.3 Å². The van der Waals surface area contributed by atoms with Crippen molar-refractivity contribution in [2.24, 2.45) is 16.9 Å². The van der Waals surface area contributed by atoms with Crippen molar-refractivity contribution in [2.75, 3.05) is 26.2 Å². The molecule has 2 fully saturated rings. The quantitative estimate of drug-likeness (QED) is 0.369. The summed E-state index contributed by atoms with van der Waals surface area (Å²) in [6, 6.07) is 17.7. The van der Waals surface area contributed by atoms with E-state index in [4.69, 9.17) is 14.2 Å². The smallest absolute Gasteiger partial charge is 0.240 e. The summed E-state index contributed by atoms with van der Waals surface area (Å²) in [7, 11) is 4.53. The Bertz CT molecular complexity index is 1480. The Hall–Kier alpha value is -4.66. The van der Waals surface area contributed by atoms with Crippen LogP contribution in [0.15, 0.2) is 71.8 Å². The molecule has 0 aliphatic carbocycles. The zero-order valence-corrected chi connectivity index (χ0v) is 21.0. The molecule has 0 unspecified atom stereocenters. The standard InChI is InChI=1S/C29H25N3O6/c1-36-18-10-8-16(9-11-18)27(33)26-24-23(25-20-7-5-4-6-17(20)15-30-32(25)26)28(34)31(29(24)35)21-14-19(37-2)12-13-22(21)38-3/h4-15,23-26H,1-3H3/t23-,24-,25+,26+/m1/s1. The Morgan fingerprint density at radius 1 is 0.816 bits per heavy atom. The summed E-state index contributed by atoms with van der Waals surface area (Å²) in [5.74, 6) is -1.49. The lowest BCUT2D eigenvalue weighted by molar-refractivity contribution is -0.124. The first-order chi connectivity index (χ1) is 18.5. The predicted molar refractivity (Wildman–Crippen MR) is 139 cm³/mol. The third-order valence-electron chi connectivity index (χ3n) is 7.56. The molecule has 9 heteroatoms. The number of rotatable bonds is 6. The van der Waals surface area contributed by atoms with Gasteiger partial charge in [0, 0.05) is 11.6 Å². The average Bonchev–Trinajstić information content (AvgIpc) is 3.44. The van der Waals surface area contributed by atoms with Crippen LogP contribution in [0.4, 0.5) is 5.69 Å². The van der Waals surface area contributed by atoms with E-state index in [0.29, 0.717) is 22.8 Å². The molecular formula is C29H25N3O6. The van der Waals surface area contributed by atoms with E-state index in [9.17, 15) is 14.4 Å². The number of carbonyl (C=O) groups excluding carboxylic acids is 3. The lowest BCUT2D eigenvalue weighted by Gasteiger charge is -2.34. The SMILES string of the molecule is COc1ccc(C(=O)[C@@H]2[C@@H]3C(=O)N(c4cc(OC)ccc4OC)C(=O)[C@H]3[C@@H]3c4ccccc4C=NN23)cc1. The number of ketones is 1. The van der Waals surface area contributed by atoms with Crippen LogP contribution in [0.25, 0.3) is 0 Å². The third-order valence-corrected chi connectivity index (χ3v) is 7.56. The first-order valence-corrected chi connectivity index (χ1v) is 12.2. The van der Waals surface area contributed by atoms with Gasteiger partial charge in [-0.25, -0.2) is 4.90 Å². The van der Waals surface area contributed by atoms with E-state index in [-0.39, 0.29) is 11.5 Å². The van der Waals surface area contributed by atoms with Crippen LogP contribution in [0.1, 0.15) is 27.5 Å². The third kappa shape index (κ3) is 3.38. The normalized spacial score (nSPS) is 23.1. The molecule has 2 saturated heterocycles. The van der Waals surface area contributed by atoms with E-state index in [1.165, 1.54) is 14.2 Å². The van der Waals surface area contributed by atoms with Gasteiger partial charge in [-0.2, -0.15) is 5.10 Å². The molecule has 0 spiro atoms. The fourth-order valence-electron chi connectivity index (χ4n) is 5.80. The van der Waals surface area contributed by atoms with Crippen LogP contribution >= 0.6 is 0 Å². The number of nitrogens with zero attached hydrogens (tertiary/aromatic N) is 3. The van der Waals surface area contributed by atoms with Crippen LogP contribution in [0.2, 0.25) is 0 Å². The molecule has 0 radical (unpaired) electrons. The lowest BCUT2D eigenvalue weighted by Crippen LogP contribution is -2.44. The highest BCUT2D eigenvalue weighted by molar-refractivity contribution is 6.25. The maximum absolute atomic E-state index is 14.1. The van der Waals surface area contributed by atoms with Gasteiger partial charge < -0.3 is 14.2 Å². The van der Waals surface area contributed by atoms with E-state index in [1.54, 1.807) is 60.8 Å². The minimum absolute atomic E-state index is 0.283. The molecule has 0 aromatic heterocycles. The van der Waals surface area contributed by atoms with Crippen molar-refractivity contribution < 1.29 is 28.6 Å². The molecule has 9 nitrogen and oxygen atoms in total. The summed E-state index contributed by atoms with van der Waals surface area (Å²) in [6.45, 7) is 0. The molecule has 3 aromatic carbocycles. The molecule has 6 rings (SSSR count). The maximum Gasteiger partial charge on any atom is 0.240 e. The Morgan fingerprint density at radius 3 is 2.21 bits per heavy atom. The number of Topliss-reactive ketones (excluding diaryl/α,β-unsaturated/α-hetero) is 1. The zero-order chi connectivity index (χ0) is 26.6. The molecule has 3 aliphatic rings. The van der Waals surface area contributed by atoms with Crippen LogP contribution in [-0.2, 0) is 9.59 Å². The zero-order valence-electron chi connectivity index (χ0n) is 21.0. The van der Waals surface area contributed by atoms with E-state index in [2.05, 4.69) is 5.10 Å². The second-order valence-electron chi connectivity index (χ2n) is 9.34. The second-order valence-corrected chi connectivity index (χ2v) is 9.34. The molecule has 0 N–H and O–H groups in total. The van der Waals surface area contributed by atoms with Gasteiger partial charge >= 0.3 is 0 Å². The maximum atomic E-state index is 14.1. The minimum atomic E-state index is -0.971. The van der Waals surface area contributed by atoms with Crippen LogP contribution in [-0.4, -0.2) is 56.2 Å². The first-order valence-electron chi connectivity index (χ1n) is 12.2. The summed E-state index contributed by atoms with van der Waals surface area (Å²) in [6.07, 6.45) is 1.68. The number of fused-ring (bicyclic) bond motifs is 5. The second kappa shape index (κ2) is 9.02. The average molecular weight is 512 g/mol. The topological polar surface area (TPSA) is 97.7 Å². The van der Waals surface area contributed by atoms with Gasteiger partial charge in [-0.1, -0.05) is 24.3 Å². The van der Waals surface area contributed by atoms with Crippen LogP contribution in [0.5, 0.6) is 17.2 Å². The van der Waals surface area contributed by atoms with Crippen molar-refractivity contribution in [1.29, 1.82) is 0 Å². The van der Waals surface area contributed by atoms with Crippen molar-refractivity contribution in [1.82, 2.24) is 5.01 Å². The van der Waals surface area contributed by atoms with Crippen LogP contribution in [0, 0.1) is 11.8 Å². The summed E-state index contributed by atoms with van der Waals surface area (Å²) in [4.78, 5) is 43.4. The van der Waals surface area contributed by atoms with Crippen molar-refractivity contribution in [3.63, 3.8) is 0 Å². The molecular weight excluding hydrogens is 486 g/mol. The number of amides is 2. The molecule has 3 aromatic rings. The summed E-state index contributed by atoms with van der Waals surface area (Å²) in [5.41, 5.74) is 2.39. The number of hydrogen-bond acceptors (Lipinski definition) is 8. The summed E-state index contributed by atoms with van der Waals surface area (Å²) < 4.78 is 16.1. The van der Waals surface area contributed by atoms with E-state index >= 15 is 0 Å². The molecule has 192 valence electrons.